The number of anilines is 2. The molecular formula is C44H52N2O6. The van der Waals surface area contributed by atoms with Gasteiger partial charge in [-0.05, 0) is 136 Å². The van der Waals surface area contributed by atoms with E-state index in [1.165, 1.54) is 12.2 Å². The van der Waals surface area contributed by atoms with Gasteiger partial charge in [0.25, 0.3) is 0 Å². The fourth-order valence-corrected chi connectivity index (χ4v) is 5.06. The van der Waals surface area contributed by atoms with E-state index in [4.69, 9.17) is 20.9 Å². The zero-order chi connectivity index (χ0) is 38.6. The molecule has 0 fully saturated rings. The van der Waals surface area contributed by atoms with Gasteiger partial charge in [-0.2, -0.15) is 0 Å². The van der Waals surface area contributed by atoms with Gasteiger partial charge in [0, 0.05) is 51.3 Å². The van der Waals surface area contributed by atoms with Crippen molar-refractivity contribution in [3.05, 3.63) is 131 Å². The zero-order valence-corrected chi connectivity index (χ0v) is 31.3. The number of nitrogen functional groups attached to an aromatic ring is 2. The third kappa shape index (κ3) is 11.7. The minimum absolute atomic E-state index is 0.0469. The minimum Gasteiger partial charge on any atom is -0.508 e. The number of phenolic OH excluding ortho intramolecular Hbond substituents is 2. The molecule has 0 aliphatic carbocycles. The van der Waals surface area contributed by atoms with E-state index >= 15 is 0 Å². The summed E-state index contributed by atoms with van der Waals surface area (Å²) in [5.74, 6) is 1.20. The molecule has 0 saturated heterocycles. The molecular weight excluding hydrogens is 652 g/mol. The average Bonchev–Trinajstić information content (AvgIpc) is 3.08. The molecule has 0 bridgehead atoms. The van der Waals surface area contributed by atoms with E-state index in [9.17, 15) is 19.8 Å². The van der Waals surface area contributed by atoms with Crippen LogP contribution in [0.4, 0.5) is 11.4 Å². The lowest BCUT2D eigenvalue weighted by Gasteiger charge is -2.26. The molecule has 274 valence electrons. The van der Waals surface area contributed by atoms with Crippen LogP contribution in [0, 0.1) is 0 Å². The Morgan fingerprint density at radius 1 is 0.731 bits per heavy atom. The van der Waals surface area contributed by atoms with Gasteiger partial charge in [-0.25, -0.2) is 0 Å². The van der Waals surface area contributed by atoms with Gasteiger partial charge >= 0.3 is 0 Å². The molecule has 4 rings (SSSR count). The van der Waals surface area contributed by atoms with Crippen LogP contribution in [0.5, 0.6) is 23.0 Å². The lowest BCUT2D eigenvalue weighted by Crippen LogP contribution is -2.16. The van der Waals surface area contributed by atoms with Gasteiger partial charge in [0.2, 0.25) is 0 Å². The van der Waals surface area contributed by atoms with Crippen molar-refractivity contribution in [1.82, 2.24) is 0 Å². The Morgan fingerprint density at radius 3 is 1.56 bits per heavy atom. The van der Waals surface area contributed by atoms with Crippen molar-refractivity contribution in [3.8, 4) is 23.0 Å². The molecule has 0 radical (unpaired) electrons. The number of hydrogen-bond donors (Lipinski definition) is 4. The third-order valence-electron chi connectivity index (χ3n) is 8.26. The van der Waals surface area contributed by atoms with Crippen LogP contribution in [0.1, 0.15) is 97.9 Å². The van der Waals surface area contributed by atoms with E-state index in [-0.39, 0.29) is 40.7 Å². The third-order valence-corrected chi connectivity index (χ3v) is 8.26. The molecule has 0 unspecified atom stereocenters. The van der Waals surface area contributed by atoms with Crippen molar-refractivity contribution >= 4 is 35.1 Å². The molecule has 6 N–H and O–H groups in total. The van der Waals surface area contributed by atoms with Crippen LogP contribution in [-0.4, -0.2) is 34.0 Å². The Kier molecular flexibility index (Phi) is 14.4. The Labute approximate surface area is 308 Å². The summed E-state index contributed by atoms with van der Waals surface area (Å²) in [4.78, 5) is 24.8. The van der Waals surface area contributed by atoms with Crippen LogP contribution in [0.15, 0.2) is 97.6 Å². The second-order valence-electron chi connectivity index (χ2n) is 13.6. The number of ketones is 2. The SMILES string of the molecule is C=CCc1cc(/C=C/C(=O)c2ccc(N)cc2)c(OC(C)C)cc1O.CCC(C)(C)c1cc(/C=C/C(=O)c2ccc(N)cc2)c(OC(C)C)cc1O. The van der Waals surface area contributed by atoms with Crippen molar-refractivity contribution in [3.63, 3.8) is 0 Å². The maximum atomic E-state index is 12.4. The van der Waals surface area contributed by atoms with Crippen molar-refractivity contribution < 1.29 is 29.3 Å². The summed E-state index contributed by atoms with van der Waals surface area (Å²) < 4.78 is 11.6. The van der Waals surface area contributed by atoms with Crippen LogP contribution < -0.4 is 20.9 Å². The average molecular weight is 705 g/mol. The molecule has 0 atom stereocenters. The number of phenols is 2. The summed E-state index contributed by atoms with van der Waals surface area (Å²) in [6.45, 7) is 17.6. The summed E-state index contributed by atoms with van der Waals surface area (Å²) in [6, 6.07) is 20.5. The first kappa shape index (κ1) is 40.7. The predicted molar refractivity (Wildman–Crippen MR) is 213 cm³/mol. The van der Waals surface area contributed by atoms with E-state index in [0.717, 1.165) is 28.7 Å². The minimum atomic E-state index is -0.190. The van der Waals surface area contributed by atoms with Gasteiger partial charge in [-0.1, -0.05) is 26.8 Å². The molecule has 0 heterocycles. The smallest absolute Gasteiger partial charge is 0.185 e. The van der Waals surface area contributed by atoms with Gasteiger partial charge in [0.1, 0.15) is 23.0 Å². The van der Waals surface area contributed by atoms with Gasteiger partial charge < -0.3 is 31.2 Å². The van der Waals surface area contributed by atoms with Crippen molar-refractivity contribution in [2.24, 2.45) is 0 Å². The first-order valence-electron chi connectivity index (χ1n) is 17.4. The van der Waals surface area contributed by atoms with Crippen LogP contribution in [-0.2, 0) is 11.8 Å². The standard InChI is InChI=1S/C23H29NO3.C21H23NO3/c1-6-23(4,5)19-13-17(22(14-21(19)26)27-15(2)3)9-12-20(25)16-7-10-18(24)11-8-16;1-4-5-16-12-17(21(13-20(16)24)25-14(2)3)8-11-19(23)15-6-9-18(22)10-7-15/h7-15,26H,6,24H2,1-5H3;4,6-14,24H,1,5,22H2,2-3H3/b12-9+;11-8+. The molecule has 52 heavy (non-hydrogen) atoms. The number of rotatable bonds is 14. The molecule has 0 spiro atoms. The number of nitrogens with two attached hydrogens (primary N) is 2. The highest BCUT2D eigenvalue weighted by atomic mass is 16.5. The quantitative estimate of drug-likeness (QED) is 0.0439. The van der Waals surface area contributed by atoms with E-state index < -0.39 is 0 Å². The van der Waals surface area contributed by atoms with E-state index in [2.05, 4.69) is 27.4 Å². The lowest BCUT2D eigenvalue weighted by molar-refractivity contribution is 0.103. The molecule has 0 aromatic heterocycles. The van der Waals surface area contributed by atoms with Crippen molar-refractivity contribution in [1.29, 1.82) is 0 Å². The highest BCUT2D eigenvalue weighted by Gasteiger charge is 2.24. The second kappa shape index (κ2) is 18.5. The Bertz CT molecular complexity index is 1900. The molecule has 0 amide bonds. The number of allylic oxidation sites excluding steroid dienone is 3. The predicted octanol–water partition coefficient (Wildman–Crippen LogP) is 9.73. The van der Waals surface area contributed by atoms with Crippen LogP contribution in [0.25, 0.3) is 12.2 Å². The van der Waals surface area contributed by atoms with Gasteiger partial charge in [-0.3, -0.25) is 9.59 Å². The van der Waals surface area contributed by atoms with Crippen LogP contribution in [0.3, 0.4) is 0 Å². The first-order valence-corrected chi connectivity index (χ1v) is 17.4. The van der Waals surface area contributed by atoms with Crippen LogP contribution >= 0.6 is 0 Å². The Hall–Kier alpha value is -5.76. The Morgan fingerprint density at radius 2 is 1.15 bits per heavy atom. The summed E-state index contributed by atoms with van der Waals surface area (Å²) in [7, 11) is 0. The van der Waals surface area contributed by atoms with Gasteiger partial charge in [0.05, 0.1) is 12.2 Å². The molecule has 0 aliphatic heterocycles. The number of aromatic hydroxyl groups is 2. The highest BCUT2D eigenvalue weighted by molar-refractivity contribution is 6.07. The van der Waals surface area contributed by atoms with E-state index in [0.29, 0.717) is 40.4 Å². The number of hydrogen-bond acceptors (Lipinski definition) is 8. The molecule has 4 aromatic carbocycles. The molecule has 8 heteroatoms. The van der Waals surface area contributed by atoms with Gasteiger partial charge in [-0.15, -0.1) is 6.58 Å². The van der Waals surface area contributed by atoms with Gasteiger partial charge in [0.15, 0.2) is 11.6 Å². The molecule has 0 saturated carbocycles. The fourth-order valence-electron chi connectivity index (χ4n) is 5.06. The summed E-state index contributed by atoms with van der Waals surface area (Å²) in [6.07, 6.45) is 9.47. The maximum absolute atomic E-state index is 12.4. The maximum Gasteiger partial charge on any atom is 0.185 e. The molecule has 8 nitrogen and oxygen atoms in total. The molecule has 0 aliphatic rings. The van der Waals surface area contributed by atoms with Crippen molar-refractivity contribution in [2.75, 3.05) is 11.5 Å². The first-order chi connectivity index (χ1) is 24.5. The monoisotopic (exact) mass is 704 g/mol. The van der Waals surface area contributed by atoms with E-state index in [1.54, 1.807) is 78.9 Å². The summed E-state index contributed by atoms with van der Waals surface area (Å²) >= 11 is 0. The fraction of sp³-hybridized carbons (Fsp3) is 0.273. The highest BCUT2D eigenvalue weighted by Crippen LogP contribution is 2.39. The summed E-state index contributed by atoms with van der Waals surface area (Å²) in [5.41, 5.74) is 16.5. The van der Waals surface area contributed by atoms with E-state index in [1.807, 2.05) is 39.8 Å². The normalized spacial score (nSPS) is 11.5. The summed E-state index contributed by atoms with van der Waals surface area (Å²) in [5, 5.41) is 20.6. The molecule has 4 aromatic rings. The van der Waals surface area contributed by atoms with Crippen LogP contribution in [0.2, 0.25) is 0 Å². The largest absolute Gasteiger partial charge is 0.508 e. The number of benzene rings is 4. The zero-order valence-electron chi connectivity index (χ0n) is 31.3. The topological polar surface area (TPSA) is 145 Å². The van der Waals surface area contributed by atoms with Crippen molar-refractivity contribution in [2.45, 2.75) is 78.9 Å². The number of carbonyl (C=O) groups excluding carboxylic acids is 2. The second-order valence-corrected chi connectivity index (χ2v) is 13.6. The number of ether oxygens (including phenoxy) is 2. The lowest BCUT2D eigenvalue weighted by atomic mass is 9.81. The number of carbonyl (C=O) groups is 2. The Balaban J connectivity index is 0.000000281.